The topological polar surface area (TPSA) is 80.1 Å². The molecule has 1 fully saturated rings. The van der Waals surface area contributed by atoms with Crippen molar-refractivity contribution < 1.29 is 9.59 Å². The first kappa shape index (κ1) is 21.3. The maximum Gasteiger partial charge on any atom is 0.256 e. The molecule has 0 aliphatic carbocycles. The van der Waals surface area contributed by atoms with Gasteiger partial charge in [0.2, 0.25) is 0 Å². The highest BCUT2D eigenvalue weighted by atomic mass is 32.1. The van der Waals surface area contributed by atoms with E-state index >= 15 is 0 Å². The van der Waals surface area contributed by atoms with E-state index < -0.39 is 0 Å². The number of fused-ring (bicyclic) bond motifs is 1. The number of carbonyl (C=O) groups is 2. The first-order valence-corrected chi connectivity index (χ1v) is 11.9. The van der Waals surface area contributed by atoms with Gasteiger partial charge in [-0.3, -0.25) is 9.59 Å². The van der Waals surface area contributed by atoms with Crippen LogP contribution in [0.4, 0.5) is 5.69 Å². The third-order valence-corrected chi connectivity index (χ3v) is 6.86. The Kier molecular flexibility index (Phi) is 5.68. The standard InChI is InChI=1S/C25H25N5O2S/c1-16-7-5-9-21(22(16)25(32)29-10-3-4-11-29)28-24(31)19-13-17(2)27-23-20(19)14-26-30(23)15-18-8-6-12-33-18/h5-9,12-14H,3-4,10-11,15H2,1-2H3,(H,28,31). The van der Waals surface area contributed by atoms with Crippen LogP contribution in [0.25, 0.3) is 11.0 Å². The van der Waals surface area contributed by atoms with Gasteiger partial charge in [0.25, 0.3) is 11.8 Å². The first-order valence-electron chi connectivity index (χ1n) is 11.1. The maximum absolute atomic E-state index is 13.4. The fraction of sp³-hybridized carbons (Fsp3) is 0.280. The molecule has 1 N–H and O–H groups in total. The Balaban J connectivity index is 1.48. The largest absolute Gasteiger partial charge is 0.339 e. The minimum absolute atomic E-state index is 0.0271. The van der Waals surface area contributed by atoms with Crippen molar-refractivity contribution in [1.82, 2.24) is 19.7 Å². The number of thiophene rings is 1. The Morgan fingerprint density at radius 2 is 1.94 bits per heavy atom. The Labute approximate surface area is 196 Å². The van der Waals surface area contributed by atoms with Crippen LogP contribution in [0.5, 0.6) is 0 Å². The van der Waals surface area contributed by atoms with E-state index in [9.17, 15) is 9.59 Å². The van der Waals surface area contributed by atoms with Crippen molar-refractivity contribution in [3.63, 3.8) is 0 Å². The highest BCUT2D eigenvalue weighted by Gasteiger charge is 2.25. The van der Waals surface area contributed by atoms with E-state index in [1.54, 1.807) is 29.7 Å². The van der Waals surface area contributed by atoms with Crippen LogP contribution < -0.4 is 5.32 Å². The zero-order valence-electron chi connectivity index (χ0n) is 18.7. The number of aromatic nitrogens is 3. The van der Waals surface area contributed by atoms with Gasteiger partial charge in [-0.25, -0.2) is 9.67 Å². The number of likely N-dealkylation sites (tertiary alicyclic amines) is 1. The second-order valence-corrected chi connectivity index (χ2v) is 9.41. The highest BCUT2D eigenvalue weighted by molar-refractivity contribution is 7.09. The molecule has 7 nitrogen and oxygen atoms in total. The van der Waals surface area contributed by atoms with Gasteiger partial charge >= 0.3 is 0 Å². The lowest BCUT2D eigenvalue weighted by atomic mass is 10.0. The van der Waals surface area contributed by atoms with E-state index in [-0.39, 0.29) is 11.8 Å². The number of benzene rings is 1. The van der Waals surface area contributed by atoms with Crippen LogP contribution in [0.3, 0.4) is 0 Å². The molecule has 2 amide bonds. The summed E-state index contributed by atoms with van der Waals surface area (Å²) in [4.78, 5) is 34.3. The molecule has 4 heterocycles. The van der Waals surface area contributed by atoms with Crippen molar-refractivity contribution in [2.75, 3.05) is 18.4 Å². The number of aryl methyl sites for hydroxylation is 2. The third-order valence-electron chi connectivity index (χ3n) is 6.00. The molecule has 8 heteroatoms. The van der Waals surface area contributed by atoms with E-state index in [0.717, 1.165) is 37.2 Å². The van der Waals surface area contributed by atoms with E-state index in [4.69, 9.17) is 0 Å². The quantitative estimate of drug-likeness (QED) is 0.471. The van der Waals surface area contributed by atoms with Crippen LogP contribution in [-0.2, 0) is 6.54 Å². The summed E-state index contributed by atoms with van der Waals surface area (Å²) in [6.07, 6.45) is 3.73. The Bertz CT molecular complexity index is 1340. The molecule has 0 saturated carbocycles. The predicted octanol–water partition coefficient (Wildman–Crippen LogP) is 4.65. The predicted molar refractivity (Wildman–Crippen MR) is 130 cm³/mol. The summed E-state index contributed by atoms with van der Waals surface area (Å²) in [5.41, 5.74) is 3.85. The molecule has 3 aromatic heterocycles. The number of anilines is 1. The normalized spacial score (nSPS) is 13.6. The molecule has 5 rings (SSSR count). The number of hydrogen-bond donors (Lipinski definition) is 1. The summed E-state index contributed by atoms with van der Waals surface area (Å²) in [5.74, 6) is -0.303. The Hall–Kier alpha value is -3.52. The molecule has 0 spiro atoms. The summed E-state index contributed by atoms with van der Waals surface area (Å²) in [6.45, 7) is 5.89. The van der Waals surface area contributed by atoms with Gasteiger partial charge in [-0.05, 0) is 55.8 Å². The Morgan fingerprint density at radius 3 is 2.70 bits per heavy atom. The van der Waals surface area contributed by atoms with E-state index in [1.165, 1.54) is 4.88 Å². The van der Waals surface area contributed by atoms with Crippen molar-refractivity contribution in [2.24, 2.45) is 0 Å². The average Bonchev–Trinajstić information content (AvgIpc) is 3.56. The number of rotatable bonds is 5. The first-order chi connectivity index (χ1) is 16.0. The Morgan fingerprint density at radius 1 is 1.12 bits per heavy atom. The van der Waals surface area contributed by atoms with Crippen LogP contribution in [0.1, 0.15) is 49.7 Å². The minimum atomic E-state index is -0.276. The fourth-order valence-electron chi connectivity index (χ4n) is 4.35. The summed E-state index contributed by atoms with van der Waals surface area (Å²) in [6, 6.07) is 11.4. The van der Waals surface area contributed by atoms with Crippen molar-refractivity contribution in [2.45, 2.75) is 33.2 Å². The molecule has 4 aromatic rings. The van der Waals surface area contributed by atoms with Gasteiger partial charge in [0.1, 0.15) is 0 Å². The number of nitrogens with zero attached hydrogens (tertiary/aromatic N) is 4. The fourth-order valence-corrected chi connectivity index (χ4v) is 5.04. The van der Waals surface area contributed by atoms with Gasteiger partial charge in [-0.2, -0.15) is 5.10 Å². The molecule has 0 radical (unpaired) electrons. The van der Waals surface area contributed by atoms with Gasteiger partial charge in [-0.1, -0.05) is 18.2 Å². The number of carbonyl (C=O) groups excluding carboxylic acids is 2. The molecule has 1 aliphatic heterocycles. The van der Waals surface area contributed by atoms with Crippen molar-refractivity contribution >= 4 is 39.9 Å². The number of pyridine rings is 1. The molecule has 33 heavy (non-hydrogen) atoms. The van der Waals surface area contributed by atoms with Gasteiger partial charge in [0.05, 0.1) is 34.9 Å². The van der Waals surface area contributed by atoms with Crippen LogP contribution >= 0.6 is 11.3 Å². The average molecular weight is 460 g/mol. The van der Waals surface area contributed by atoms with Gasteiger partial charge in [-0.15, -0.1) is 11.3 Å². The van der Waals surface area contributed by atoms with Crippen molar-refractivity contribution in [3.8, 4) is 0 Å². The molecular formula is C25H25N5O2S. The summed E-state index contributed by atoms with van der Waals surface area (Å²) < 4.78 is 1.82. The lowest BCUT2D eigenvalue weighted by Crippen LogP contribution is -2.29. The van der Waals surface area contributed by atoms with Crippen molar-refractivity contribution in [3.05, 3.63) is 75.2 Å². The summed E-state index contributed by atoms with van der Waals surface area (Å²) >= 11 is 1.66. The van der Waals surface area contributed by atoms with Crippen LogP contribution in [0, 0.1) is 13.8 Å². The van der Waals surface area contributed by atoms with Crippen LogP contribution in [0.2, 0.25) is 0 Å². The number of nitrogens with one attached hydrogen (secondary N) is 1. The number of hydrogen-bond acceptors (Lipinski definition) is 5. The van der Waals surface area contributed by atoms with E-state index in [0.29, 0.717) is 34.4 Å². The third kappa shape index (κ3) is 4.14. The smallest absolute Gasteiger partial charge is 0.256 e. The molecule has 0 bridgehead atoms. The SMILES string of the molecule is Cc1cc(C(=O)Nc2cccc(C)c2C(=O)N2CCCC2)c2cnn(Cc3cccs3)c2n1. The summed E-state index contributed by atoms with van der Waals surface area (Å²) in [5, 5.41) is 10.2. The highest BCUT2D eigenvalue weighted by Crippen LogP contribution is 2.26. The van der Waals surface area contributed by atoms with Gasteiger partial charge in [0.15, 0.2) is 5.65 Å². The number of amides is 2. The molecule has 0 atom stereocenters. The molecule has 1 aliphatic rings. The molecule has 1 aromatic carbocycles. The second-order valence-electron chi connectivity index (χ2n) is 8.38. The van der Waals surface area contributed by atoms with Crippen LogP contribution in [0.15, 0.2) is 48.0 Å². The molecule has 0 unspecified atom stereocenters. The van der Waals surface area contributed by atoms with E-state index in [1.807, 2.05) is 47.0 Å². The minimum Gasteiger partial charge on any atom is -0.339 e. The monoisotopic (exact) mass is 459 g/mol. The lowest BCUT2D eigenvalue weighted by molar-refractivity contribution is 0.0793. The summed E-state index contributed by atoms with van der Waals surface area (Å²) in [7, 11) is 0. The van der Waals surface area contributed by atoms with Gasteiger partial charge < -0.3 is 10.2 Å². The van der Waals surface area contributed by atoms with Crippen LogP contribution in [-0.4, -0.2) is 44.6 Å². The van der Waals surface area contributed by atoms with Crippen molar-refractivity contribution in [1.29, 1.82) is 0 Å². The zero-order valence-corrected chi connectivity index (χ0v) is 19.5. The van der Waals surface area contributed by atoms with E-state index in [2.05, 4.69) is 21.5 Å². The van der Waals surface area contributed by atoms with Gasteiger partial charge in [0, 0.05) is 23.7 Å². The zero-order chi connectivity index (χ0) is 22.9. The molecule has 168 valence electrons. The molecular weight excluding hydrogens is 434 g/mol. The maximum atomic E-state index is 13.4. The lowest BCUT2D eigenvalue weighted by Gasteiger charge is -2.20. The second kappa shape index (κ2) is 8.78. The molecule has 1 saturated heterocycles.